The highest BCUT2D eigenvalue weighted by molar-refractivity contribution is 7.99. The predicted octanol–water partition coefficient (Wildman–Crippen LogP) is 5.58. The van der Waals surface area contributed by atoms with Gasteiger partial charge in [-0.3, -0.25) is 9.36 Å². The van der Waals surface area contributed by atoms with Crippen LogP contribution in [0.25, 0.3) is 17.1 Å². The molecule has 1 aromatic heterocycles. The van der Waals surface area contributed by atoms with Gasteiger partial charge in [-0.2, -0.15) is 5.10 Å². The van der Waals surface area contributed by atoms with E-state index in [1.54, 1.807) is 38.3 Å². The minimum atomic E-state index is -0.270. The molecular weight excluding hydrogens is 498 g/mol. The Hall–Kier alpha value is -4.11. The Morgan fingerprint density at radius 2 is 1.66 bits per heavy atom. The summed E-state index contributed by atoms with van der Waals surface area (Å²) in [5.74, 6) is 1.43. The Balaban J connectivity index is 1.56. The van der Waals surface area contributed by atoms with Crippen molar-refractivity contribution in [2.75, 3.05) is 12.9 Å². The molecular formula is C29H31N5O3S. The summed E-state index contributed by atoms with van der Waals surface area (Å²) in [6.07, 6.45) is 0. The molecule has 8 nitrogen and oxygen atoms in total. The number of aromatic hydroxyl groups is 1. The molecule has 0 aliphatic carbocycles. The van der Waals surface area contributed by atoms with Gasteiger partial charge in [-0.05, 0) is 72.0 Å². The van der Waals surface area contributed by atoms with Crippen LogP contribution in [0, 0.1) is 0 Å². The molecule has 1 amide bonds. The number of amides is 1. The maximum Gasteiger partial charge on any atom is 0.250 e. The van der Waals surface area contributed by atoms with Gasteiger partial charge < -0.3 is 9.84 Å². The molecule has 9 heteroatoms. The number of aromatic nitrogens is 3. The van der Waals surface area contributed by atoms with Crippen molar-refractivity contribution in [3.05, 3.63) is 83.9 Å². The lowest BCUT2D eigenvalue weighted by atomic mass is 9.87. The van der Waals surface area contributed by atoms with Crippen LogP contribution in [-0.2, 0) is 10.2 Å². The Morgan fingerprint density at radius 1 is 1.00 bits per heavy atom. The molecule has 0 radical (unpaired) electrons. The molecule has 3 aromatic carbocycles. The highest BCUT2D eigenvalue weighted by Crippen LogP contribution is 2.30. The lowest BCUT2D eigenvalue weighted by Gasteiger charge is -2.19. The normalized spacial score (nSPS) is 11.9. The molecule has 0 bridgehead atoms. The number of thioether (sulfide) groups is 1. The molecule has 4 aromatic rings. The number of phenols is 1. The summed E-state index contributed by atoms with van der Waals surface area (Å²) in [4.78, 5) is 12.6. The summed E-state index contributed by atoms with van der Waals surface area (Å²) in [6, 6.07) is 22.6. The van der Waals surface area contributed by atoms with E-state index in [-0.39, 0.29) is 22.8 Å². The van der Waals surface area contributed by atoms with Crippen LogP contribution in [0.15, 0.2) is 83.1 Å². The van der Waals surface area contributed by atoms with E-state index < -0.39 is 0 Å². The lowest BCUT2D eigenvalue weighted by molar-refractivity contribution is -0.118. The van der Waals surface area contributed by atoms with E-state index >= 15 is 0 Å². The fourth-order valence-electron chi connectivity index (χ4n) is 3.71. The third-order valence-electron chi connectivity index (χ3n) is 5.94. The average molecular weight is 530 g/mol. The third-order valence-corrected chi connectivity index (χ3v) is 6.87. The first-order valence-corrected chi connectivity index (χ1v) is 13.1. The first kappa shape index (κ1) is 26.9. The number of phenolic OH excluding ortho intramolecular Hbond substituents is 1. The van der Waals surface area contributed by atoms with Crippen LogP contribution in [0.2, 0.25) is 0 Å². The van der Waals surface area contributed by atoms with Gasteiger partial charge in [0.15, 0.2) is 11.0 Å². The molecule has 0 spiro atoms. The van der Waals surface area contributed by atoms with Crippen molar-refractivity contribution < 1.29 is 14.6 Å². The zero-order chi connectivity index (χ0) is 27.3. The second kappa shape index (κ2) is 11.5. The van der Waals surface area contributed by atoms with E-state index in [2.05, 4.69) is 53.6 Å². The van der Waals surface area contributed by atoms with E-state index in [0.717, 1.165) is 22.6 Å². The molecule has 196 valence electrons. The Bertz CT molecular complexity index is 1420. The zero-order valence-electron chi connectivity index (χ0n) is 22.1. The maximum atomic E-state index is 12.6. The van der Waals surface area contributed by atoms with Crippen LogP contribution in [-0.4, -0.2) is 44.4 Å². The number of nitrogens with one attached hydrogen (secondary N) is 1. The Kier molecular flexibility index (Phi) is 8.16. The van der Waals surface area contributed by atoms with Gasteiger partial charge in [0.1, 0.15) is 11.5 Å². The standard InChI is InChI=1S/C29H31N5O3S/c1-19(20-8-14-24(35)15-9-20)30-31-26(36)18-38-28-33-32-27(21-6-10-22(11-7-21)29(2,3)4)34(28)23-12-16-25(37-5)17-13-23/h6-17,35H,18H2,1-5H3,(H,31,36)/b30-19-. The number of hydrogen-bond donors (Lipinski definition) is 2. The monoisotopic (exact) mass is 529 g/mol. The van der Waals surface area contributed by atoms with Crippen LogP contribution >= 0.6 is 11.8 Å². The predicted molar refractivity (Wildman–Crippen MR) is 151 cm³/mol. The molecule has 1 heterocycles. The maximum absolute atomic E-state index is 12.6. The van der Waals surface area contributed by atoms with Crippen molar-refractivity contribution in [1.29, 1.82) is 0 Å². The number of nitrogens with zero attached hydrogens (tertiary/aromatic N) is 4. The van der Waals surface area contributed by atoms with E-state index in [0.29, 0.717) is 16.7 Å². The van der Waals surface area contributed by atoms with Crippen LogP contribution in [0.5, 0.6) is 11.5 Å². The van der Waals surface area contributed by atoms with Crippen molar-refractivity contribution in [3.8, 4) is 28.6 Å². The van der Waals surface area contributed by atoms with Gasteiger partial charge >= 0.3 is 0 Å². The molecule has 2 N–H and O–H groups in total. The first-order valence-electron chi connectivity index (χ1n) is 12.1. The molecule has 0 atom stereocenters. The van der Waals surface area contributed by atoms with Crippen LogP contribution in [0.1, 0.15) is 38.8 Å². The van der Waals surface area contributed by atoms with E-state index in [4.69, 9.17) is 4.74 Å². The zero-order valence-corrected chi connectivity index (χ0v) is 22.9. The minimum Gasteiger partial charge on any atom is -0.508 e. The first-order chi connectivity index (χ1) is 18.2. The van der Waals surface area contributed by atoms with Crippen molar-refractivity contribution in [1.82, 2.24) is 20.2 Å². The van der Waals surface area contributed by atoms with Crippen molar-refractivity contribution >= 4 is 23.4 Å². The number of rotatable bonds is 8. The van der Waals surface area contributed by atoms with E-state index in [9.17, 15) is 9.90 Å². The van der Waals surface area contributed by atoms with Crippen LogP contribution in [0.3, 0.4) is 0 Å². The summed E-state index contributed by atoms with van der Waals surface area (Å²) in [7, 11) is 1.63. The number of methoxy groups -OCH3 is 1. The number of carbonyl (C=O) groups is 1. The SMILES string of the molecule is COc1ccc(-n2c(SCC(=O)N/N=C(/C)c3ccc(O)cc3)nnc2-c2ccc(C(C)(C)C)cc2)cc1. The third kappa shape index (κ3) is 6.41. The van der Waals surface area contributed by atoms with Crippen LogP contribution < -0.4 is 10.2 Å². The van der Waals surface area contributed by atoms with E-state index in [1.807, 2.05) is 41.0 Å². The molecule has 0 aliphatic heterocycles. The topological polar surface area (TPSA) is 102 Å². The van der Waals surface area contributed by atoms with E-state index in [1.165, 1.54) is 17.3 Å². The average Bonchev–Trinajstić information content (AvgIpc) is 3.34. The fraction of sp³-hybridized carbons (Fsp3) is 0.241. The summed E-state index contributed by atoms with van der Waals surface area (Å²) in [6.45, 7) is 8.32. The van der Waals surface area contributed by atoms with Gasteiger partial charge in [0, 0.05) is 11.3 Å². The number of hydrogen-bond acceptors (Lipinski definition) is 7. The van der Waals surface area contributed by atoms with Gasteiger partial charge in [0.2, 0.25) is 0 Å². The minimum absolute atomic E-state index is 0.0414. The smallest absolute Gasteiger partial charge is 0.250 e. The number of ether oxygens (including phenoxy) is 1. The van der Waals surface area contributed by atoms with Crippen molar-refractivity contribution in [3.63, 3.8) is 0 Å². The van der Waals surface area contributed by atoms with Gasteiger partial charge in [-0.1, -0.05) is 56.8 Å². The largest absolute Gasteiger partial charge is 0.508 e. The molecule has 0 unspecified atom stereocenters. The van der Waals surface area contributed by atoms with Gasteiger partial charge in [-0.15, -0.1) is 10.2 Å². The molecule has 0 aliphatic rings. The molecule has 0 fully saturated rings. The molecule has 0 saturated heterocycles. The Morgan fingerprint density at radius 3 is 2.26 bits per heavy atom. The second-order valence-corrected chi connectivity index (χ2v) is 10.7. The molecule has 38 heavy (non-hydrogen) atoms. The number of hydrazone groups is 1. The highest BCUT2D eigenvalue weighted by atomic mass is 32.2. The summed E-state index contributed by atoms with van der Waals surface area (Å²) in [5, 5.41) is 23.1. The lowest BCUT2D eigenvalue weighted by Crippen LogP contribution is -2.21. The molecule has 0 saturated carbocycles. The number of carbonyl (C=O) groups excluding carboxylic acids is 1. The quantitative estimate of drug-likeness (QED) is 0.176. The molecule has 4 rings (SSSR count). The van der Waals surface area contributed by atoms with Crippen molar-refractivity contribution in [2.45, 2.75) is 38.3 Å². The summed E-state index contributed by atoms with van der Waals surface area (Å²) >= 11 is 1.28. The van der Waals surface area contributed by atoms with Gasteiger partial charge in [-0.25, -0.2) is 5.43 Å². The Labute approximate surface area is 226 Å². The summed E-state index contributed by atoms with van der Waals surface area (Å²) < 4.78 is 7.26. The van der Waals surface area contributed by atoms with Crippen LogP contribution in [0.4, 0.5) is 0 Å². The number of benzene rings is 3. The second-order valence-electron chi connectivity index (χ2n) is 9.73. The van der Waals surface area contributed by atoms with Crippen molar-refractivity contribution in [2.24, 2.45) is 5.10 Å². The highest BCUT2D eigenvalue weighted by Gasteiger charge is 2.19. The fourth-order valence-corrected chi connectivity index (χ4v) is 4.45. The van der Waals surface area contributed by atoms with Gasteiger partial charge in [0.05, 0.1) is 18.6 Å². The van der Waals surface area contributed by atoms with Gasteiger partial charge in [0.25, 0.3) is 5.91 Å². The summed E-state index contributed by atoms with van der Waals surface area (Å²) in [5.41, 5.74) is 7.07.